The number of nitrogens with zero attached hydrogens (tertiary/aromatic N) is 3. The second kappa shape index (κ2) is 6.82. The Morgan fingerprint density at radius 2 is 1.80 bits per heavy atom. The van der Waals surface area contributed by atoms with Crippen LogP contribution in [-0.2, 0) is 9.73 Å². The normalized spacial score (nSPS) is 13.0. The van der Waals surface area contributed by atoms with Gasteiger partial charge in [-0.25, -0.2) is 9.19 Å². The van der Waals surface area contributed by atoms with E-state index in [0.29, 0.717) is 16.0 Å². The van der Waals surface area contributed by atoms with Crippen LogP contribution in [0.15, 0.2) is 76.4 Å². The molecular weight excluding hydrogens is 338 g/mol. The monoisotopic (exact) mass is 353 g/mol. The first-order chi connectivity index (χ1) is 12.0. The third-order valence-electron chi connectivity index (χ3n) is 3.50. The summed E-state index contributed by atoms with van der Waals surface area (Å²) in [5.74, 6) is -0.690. The predicted octanol–water partition coefficient (Wildman–Crippen LogP) is 3.15. The minimum absolute atomic E-state index is 0.0903. The van der Waals surface area contributed by atoms with Gasteiger partial charge in [0.05, 0.1) is 15.3 Å². The lowest BCUT2D eigenvalue weighted by Crippen LogP contribution is -2.04. The van der Waals surface area contributed by atoms with Gasteiger partial charge in [0, 0.05) is 46.9 Å². The molecule has 0 aliphatic carbocycles. The number of pyridine rings is 2. The van der Waals surface area contributed by atoms with Gasteiger partial charge in [-0.15, -0.1) is 0 Å². The van der Waals surface area contributed by atoms with Crippen molar-refractivity contribution in [3.63, 3.8) is 0 Å². The zero-order valence-electron chi connectivity index (χ0n) is 13.4. The quantitative estimate of drug-likeness (QED) is 0.781. The standard InChI is InChI=1S/C18H15N3O3S/c1-25(24,16-5-3-2-4-6-16)21-18(23)15-9-14(10-19-11-15)13-7-8-17(22)20-12-13/h2-12H,1H3,(H,20,22)/t25-/m0/s1. The van der Waals surface area contributed by atoms with E-state index in [4.69, 9.17) is 0 Å². The molecule has 0 radical (unpaired) electrons. The van der Waals surface area contributed by atoms with Crippen LogP contribution in [0.3, 0.4) is 0 Å². The summed E-state index contributed by atoms with van der Waals surface area (Å²) in [6.45, 7) is 0. The van der Waals surface area contributed by atoms with Gasteiger partial charge in [-0.3, -0.25) is 9.78 Å². The molecule has 0 aliphatic rings. The number of aromatic nitrogens is 2. The average Bonchev–Trinajstić information content (AvgIpc) is 2.63. The van der Waals surface area contributed by atoms with Crippen molar-refractivity contribution in [2.45, 2.75) is 4.90 Å². The van der Waals surface area contributed by atoms with E-state index >= 15 is 0 Å². The third-order valence-corrected chi connectivity index (χ3v) is 5.17. The Labute approximate surface area is 145 Å². The highest BCUT2D eigenvalue weighted by atomic mass is 32.2. The van der Waals surface area contributed by atoms with Gasteiger partial charge in [-0.05, 0) is 24.3 Å². The molecule has 0 fully saturated rings. The molecule has 0 aliphatic heterocycles. The Morgan fingerprint density at radius 3 is 2.48 bits per heavy atom. The highest BCUT2D eigenvalue weighted by molar-refractivity contribution is 7.93. The molecule has 2 heterocycles. The number of carbonyl (C=O) groups is 1. The van der Waals surface area contributed by atoms with E-state index < -0.39 is 15.6 Å². The van der Waals surface area contributed by atoms with E-state index in [1.54, 1.807) is 48.7 Å². The summed E-state index contributed by atoms with van der Waals surface area (Å²) < 4.78 is 16.6. The minimum Gasteiger partial charge on any atom is -0.493 e. The Kier molecular flexibility index (Phi) is 4.58. The SMILES string of the molecule is C[S@@](=O)(=NC(=O)c1cncc(-c2ccc(O)nc2)c1)c1ccccc1. The fourth-order valence-corrected chi connectivity index (χ4v) is 3.40. The summed E-state index contributed by atoms with van der Waals surface area (Å²) in [4.78, 5) is 20.8. The van der Waals surface area contributed by atoms with Crippen molar-refractivity contribution < 1.29 is 14.1 Å². The molecule has 25 heavy (non-hydrogen) atoms. The number of carbonyl (C=O) groups excluding carboxylic acids is 1. The summed E-state index contributed by atoms with van der Waals surface area (Å²) in [6, 6.07) is 13.4. The molecule has 0 spiro atoms. The van der Waals surface area contributed by atoms with Crippen LogP contribution in [0.25, 0.3) is 11.1 Å². The van der Waals surface area contributed by atoms with E-state index in [1.165, 1.54) is 24.7 Å². The summed E-state index contributed by atoms with van der Waals surface area (Å²) in [7, 11) is -2.84. The van der Waals surface area contributed by atoms with Crippen molar-refractivity contribution in [1.29, 1.82) is 0 Å². The third kappa shape index (κ3) is 3.89. The lowest BCUT2D eigenvalue weighted by molar-refractivity contribution is 0.100. The molecular formula is C18H15N3O3S. The van der Waals surface area contributed by atoms with Crippen molar-refractivity contribution in [1.82, 2.24) is 9.97 Å². The van der Waals surface area contributed by atoms with Gasteiger partial charge in [-0.2, -0.15) is 4.36 Å². The Hall–Kier alpha value is -3.06. The maximum atomic E-state index is 12.7. The molecule has 0 saturated carbocycles. The van der Waals surface area contributed by atoms with Gasteiger partial charge in [-0.1, -0.05) is 18.2 Å². The molecule has 126 valence electrons. The number of benzene rings is 1. The molecule has 6 nitrogen and oxygen atoms in total. The smallest absolute Gasteiger partial charge is 0.286 e. The van der Waals surface area contributed by atoms with Crippen LogP contribution in [-0.4, -0.2) is 31.4 Å². The van der Waals surface area contributed by atoms with E-state index in [9.17, 15) is 14.1 Å². The number of amides is 1. The lowest BCUT2D eigenvalue weighted by Gasteiger charge is -2.05. The summed E-state index contributed by atoms with van der Waals surface area (Å²) >= 11 is 0. The molecule has 0 saturated heterocycles. The Bertz CT molecular complexity index is 1020. The maximum absolute atomic E-state index is 12.7. The van der Waals surface area contributed by atoms with E-state index in [-0.39, 0.29) is 11.4 Å². The summed E-state index contributed by atoms with van der Waals surface area (Å²) in [5, 5.41) is 9.25. The second-order valence-electron chi connectivity index (χ2n) is 5.38. The minimum atomic E-state index is -2.84. The molecule has 0 bridgehead atoms. The fraction of sp³-hybridized carbons (Fsp3) is 0.0556. The first-order valence-corrected chi connectivity index (χ1v) is 9.30. The van der Waals surface area contributed by atoms with Crippen LogP contribution < -0.4 is 0 Å². The van der Waals surface area contributed by atoms with Crippen molar-refractivity contribution in [2.24, 2.45) is 4.36 Å². The van der Waals surface area contributed by atoms with Crippen LogP contribution in [0.2, 0.25) is 0 Å². The van der Waals surface area contributed by atoms with Gasteiger partial charge in [0.15, 0.2) is 0 Å². The average molecular weight is 353 g/mol. The van der Waals surface area contributed by atoms with Gasteiger partial charge < -0.3 is 5.11 Å². The topological polar surface area (TPSA) is 92.5 Å². The fourth-order valence-electron chi connectivity index (χ4n) is 2.21. The van der Waals surface area contributed by atoms with E-state index in [1.807, 2.05) is 0 Å². The van der Waals surface area contributed by atoms with Crippen LogP contribution in [0, 0.1) is 0 Å². The highest BCUT2D eigenvalue weighted by Crippen LogP contribution is 2.21. The zero-order valence-corrected chi connectivity index (χ0v) is 14.2. The lowest BCUT2D eigenvalue weighted by atomic mass is 10.1. The Morgan fingerprint density at radius 1 is 1.04 bits per heavy atom. The van der Waals surface area contributed by atoms with E-state index in [0.717, 1.165) is 0 Å². The van der Waals surface area contributed by atoms with Crippen LogP contribution >= 0.6 is 0 Å². The molecule has 1 aromatic carbocycles. The van der Waals surface area contributed by atoms with Gasteiger partial charge in [0.2, 0.25) is 5.88 Å². The van der Waals surface area contributed by atoms with E-state index in [2.05, 4.69) is 14.3 Å². The first-order valence-electron chi connectivity index (χ1n) is 7.38. The second-order valence-corrected chi connectivity index (χ2v) is 7.64. The van der Waals surface area contributed by atoms with Crippen molar-refractivity contribution in [3.8, 4) is 17.0 Å². The van der Waals surface area contributed by atoms with Crippen molar-refractivity contribution in [2.75, 3.05) is 6.26 Å². The molecule has 0 unspecified atom stereocenters. The van der Waals surface area contributed by atoms with Crippen LogP contribution in [0.4, 0.5) is 0 Å². The van der Waals surface area contributed by atoms with Crippen LogP contribution in [0.5, 0.6) is 5.88 Å². The van der Waals surface area contributed by atoms with Crippen LogP contribution in [0.1, 0.15) is 10.4 Å². The van der Waals surface area contributed by atoms with Crippen molar-refractivity contribution >= 4 is 15.6 Å². The number of hydrogen-bond acceptors (Lipinski definition) is 5. The number of rotatable bonds is 3. The number of aromatic hydroxyl groups is 1. The summed E-state index contributed by atoms with van der Waals surface area (Å²) in [6.07, 6.45) is 5.86. The number of hydrogen-bond donors (Lipinski definition) is 1. The molecule has 2 aromatic heterocycles. The summed E-state index contributed by atoms with van der Waals surface area (Å²) in [5.41, 5.74) is 1.58. The molecule has 3 aromatic rings. The maximum Gasteiger partial charge on any atom is 0.286 e. The molecule has 1 amide bonds. The molecule has 7 heteroatoms. The molecule has 1 atom stereocenters. The van der Waals surface area contributed by atoms with Gasteiger partial charge >= 0.3 is 0 Å². The Balaban J connectivity index is 1.96. The van der Waals surface area contributed by atoms with Gasteiger partial charge in [0.1, 0.15) is 0 Å². The molecule has 3 rings (SSSR count). The van der Waals surface area contributed by atoms with Crippen molar-refractivity contribution in [3.05, 3.63) is 72.7 Å². The van der Waals surface area contributed by atoms with Gasteiger partial charge in [0.25, 0.3) is 5.91 Å². The first kappa shape index (κ1) is 16.8. The highest BCUT2D eigenvalue weighted by Gasteiger charge is 2.12. The molecule has 1 N–H and O–H groups in total. The largest absolute Gasteiger partial charge is 0.493 e. The predicted molar refractivity (Wildman–Crippen MR) is 94.7 cm³/mol. The zero-order chi connectivity index (χ0) is 17.9.